The predicted molar refractivity (Wildman–Crippen MR) is 52.2 cm³/mol. The predicted octanol–water partition coefficient (Wildman–Crippen LogP) is 2.12. The lowest BCUT2D eigenvalue weighted by Crippen LogP contribution is -2.39. The summed E-state index contributed by atoms with van der Waals surface area (Å²) in [4.78, 5) is 10.8. The van der Waals surface area contributed by atoms with E-state index in [1.807, 2.05) is 6.92 Å². The summed E-state index contributed by atoms with van der Waals surface area (Å²) < 4.78 is 0. The van der Waals surface area contributed by atoms with E-state index in [0.29, 0.717) is 6.42 Å². The van der Waals surface area contributed by atoms with Gasteiger partial charge in [0.2, 0.25) is 0 Å². The van der Waals surface area contributed by atoms with E-state index in [2.05, 4.69) is 6.92 Å². The normalized spacial score (nSPS) is 15.3. The minimum Gasteiger partial charge on any atom is -0.550 e. The zero-order valence-corrected chi connectivity index (χ0v) is 9.06. The van der Waals surface area contributed by atoms with Crippen LogP contribution in [0, 0.1) is 5.41 Å². The zero-order valence-electron chi connectivity index (χ0n) is 9.06. The molecule has 0 radical (unpaired) electrons. The maximum Gasteiger partial charge on any atom is 0.0473 e. The van der Waals surface area contributed by atoms with Crippen molar-refractivity contribution in [2.24, 2.45) is 5.41 Å². The van der Waals surface area contributed by atoms with Crippen LogP contribution in [0.2, 0.25) is 0 Å². The highest BCUT2D eigenvalue weighted by Crippen LogP contribution is 2.27. The Labute approximate surface area is 81.3 Å². The molecule has 0 amide bonds. The van der Waals surface area contributed by atoms with Gasteiger partial charge in [0.15, 0.2) is 0 Å². The van der Waals surface area contributed by atoms with Gasteiger partial charge in [-0.05, 0) is 12.8 Å². The van der Waals surface area contributed by atoms with Gasteiger partial charge in [0, 0.05) is 11.4 Å². The summed E-state index contributed by atoms with van der Waals surface area (Å²) in [6.45, 7) is 5.85. The molecule has 0 rings (SSSR count). The molecule has 0 saturated heterocycles. The van der Waals surface area contributed by atoms with Crippen LogP contribution in [0.4, 0.5) is 0 Å². The molecule has 78 valence electrons. The Bertz CT molecular complexity index is 154. The average molecular weight is 185 g/mol. The smallest absolute Gasteiger partial charge is 0.0473 e. The SMILES string of the molecule is CCCCCCC(C)(CC)C(=O)[O-]. The van der Waals surface area contributed by atoms with Gasteiger partial charge < -0.3 is 9.90 Å². The standard InChI is InChI=1S/C11H22O2/c1-4-6-7-8-9-11(3,5-2)10(12)13/h4-9H2,1-3H3,(H,12,13)/p-1. The van der Waals surface area contributed by atoms with Gasteiger partial charge in [-0.15, -0.1) is 0 Å². The average Bonchev–Trinajstić information content (AvgIpc) is 2.12. The molecule has 13 heavy (non-hydrogen) atoms. The number of carboxylic acid groups (broad SMARTS) is 1. The summed E-state index contributed by atoms with van der Waals surface area (Å²) in [6.07, 6.45) is 5.96. The highest BCUT2D eigenvalue weighted by molar-refractivity contribution is 5.71. The number of unbranched alkanes of at least 4 members (excludes halogenated alkanes) is 3. The molecule has 2 nitrogen and oxygen atoms in total. The molecule has 0 spiro atoms. The first-order valence-corrected chi connectivity index (χ1v) is 5.28. The van der Waals surface area contributed by atoms with Crippen LogP contribution in [0.3, 0.4) is 0 Å². The summed E-state index contributed by atoms with van der Waals surface area (Å²) in [7, 11) is 0. The molecule has 1 unspecified atom stereocenters. The zero-order chi connectivity index (χ0) is 10.3. The van der Waals surface area contributed by atoms with Crippen molar-refractivity contribution in [3.05, 3.63) is 0 Å². The van der Waals surface area contributed by atoms with Crippen LogP contribution >= 0.6 is 0 Å². The van der Waals surface area contributed by atoms with Gasteiger partial charge in [-0.25, -0.2) is 0 Å². The molecule has 2 heteroatoms. The molecule has 0 aromatic heterocycles. The molecular formula is C11H21O2-. The molecule has 1 atom stereocenters. The Morgan fingerprint density at radius 1 is 1.23 bits per heavy atom. The van der Waals surface area contributed by atoms with E-state index >= 15 is 0 Å². The second kappa shape index (κ2) is 6.01. The molecule has 0 heterocycles. The highest BCUT2D eigenvalue weighted by Gasteiger charge is 2.22. The van der Waals surface area contributed by atoms with Gasteiger partial charge in [-0.3, -0.25) is 0 Å². The molecule has 0 saturated carbocycles. The second-order valence-electron chi connectivity index (χ2n) is 4.01. The van der Waals surface area contributed by atoms with Crippen LogP contribution in [-0.2, 0) is 4.79 Å². The number of aliphatic carboxylic acids is 1. The fourth-order valence-corrected chi connectivity index (χ4v) is 1.37. The fraction of sp³-hybridized carbons (Fsp3) is 0.909. The Hall–Kier alpha value is -0.530. The van der Waals surface area contributed by atoms with Crippen molar-refractivity contribution in [1.29, 1.82) is 0 Å². The van der Waals surface area contributed by atoms with Crippen molar-refractivity contribution in [3.8, 4) is 0 Å². The Balaban J connectivity index is 3.78. The van der Waals surface area contributed by atoms with Gasteiger partial charge >= 0.3 is 0 Å². The summed E-state index contributed by atoms with van der Waals surface area (Å²) in [6, 6.07) is 0. The highest BCUT2D eigenvalue weighted by atomic mass is 16.4. The number of rotatable bonds is 7. The van der Waals surface area contributed by atoms with E-state index in [-0.39, 0.29) is 0 Å². The Morgan fingerprint density at radius 2 is 1.85 bits per heavy atom. The lowest BCUT2D eigenvalue weighted by Gasteiger charge is -2.29. The molecular weight excluding hydrogens is 164 g/mol. The molecule has 0 aliphatic rings. The van der Waals surface area contributed by atoms with Crippen molar-refractivity contribution in [2.45, 2.75) is 59.3 Å². The monoisotopic (exact) mass is 185 g/mol. The third-order valence-electron chi connectivity index (χ3n) is 2.86. The van der Waals surface area contributed by atoms with Gasteiger partial charge in [-0.1, -0.05) is 46.5 Å². The maximum atomic E-state index is 10.8. The van der Waals surface area contributed by atoms with Gasteiger partial charge in [-0.2, -0.15) is 0 Å². The molecule has 0 aromatic carbocycles. The van der Waals surface area contributed by atoms with E-state index < -0.39 is 11.4 Å². The number of carbonyl (C=O) groups is 1. The van der Waals surface area contributed by atoms with E-state index in [1.54, 1.807) is 6.92 Å². The quantitative estimate of drug-likeness (QED) is 0.570. The first-order chi connectivity index (χ1) is 6.06. The number of hydrogen-bond donors (Lipinski definition) is 0. The third kappa shape index (κ3) is 4.30. The third-order valence-corrected chi connectivity index (χ3v) is 2.86. The van der Waals surface area contributed by atoms with Crippen LogP contribution in [0.15, 0.2) is 0 Å². The van der Waals surface area contributed by atoms with E-state index in [4.69, 9.17) is 0 Å². The summed E-state index contributed by atoms with van der Waals surface area (Å²) in [5.41, 5.74) is -0.603. The van der Waals surface area contributed by atoms with E-state index in [0.717, 1.165) is 19.3 Å². The van der Waals surface area contributed by atoms with Gasteiger partial charge in [0.25, 0.3) is 0 Å². The Morgan fingerprint density at radius 3 is 2.23 bits per heavy atom. The van der Waals surface area contributed by atoms with Crippen LogP contribution in [0.1, 0.15) is 59.3 Å². The molecule has 0 bridgehead atoms. The van der Waals surface area contributed by atoms with Crippen molar-refractivity contribution in [2.75, 3.05) is 0 Å². The minimum absolute atomic E-state index is 0.603. The number of hydrogen-bond acceptors (Lipinski definition) is 2. The van der Waals surface area contributed by atoms with E-state index in [1.165, 1.54) is 12.8 Å². The van der Waals surface area contributed by atoms with Crippen molar-refractivity contribution >= 4 is 5.97 Å². The van der Waals surface area contributed by atoms with Crippen molar-refractivity contribution in [1.82, 2.24) is 0 Å². The topological polar surface area (TPSA) is 40.1 Å². The fourth-order valence-electron chi connectivity index (χ4n) is 1.37. The molecule has 0 aliphatic heterocycles. The molecule has 0 N–H and O–H groups in total. The van der Waals surface area contributed by atoms with Crippen molar-refractivity contribution in [3.63, 3.8) is 0 Å². The van der Waals surface area contributed by atoms with Crippen molar-refractivity contribution < 1.29 is 9.90 Å². The van der Waals surface area contributed by atoms with Gasteiger partial charge in [0.05, 0.1) is 0 Å². The van der Waals surface area contributed by atoms with Crippen LogP contribution in [0.5, 0.6) is 0 Å². The summed E-state index contributed by atoms with van der Waals surface area (Å²) in [5, 5.41) is 10.8. The minimum atomic E-state index is -0.897. The van der Waals surface area contributed by atoms with Crippen LogP contribution in [0.25, 0.3) is 0 Å². The number of carbonyl (C=O) groups excluding carboxylic acids is 1. The van der Waals surface area contributed by atoms with E-state index in [9.17, 15) is 9.90 Å². The maximum absolute atomic E-state index is 10.8. The largest absolute Gasteiger partial charge is 0.550 e. The Kier molecular flexibility index (Phi) is 5.76. The number of carboxylic acids is 1. The van der Waals surface area contributed by atoms with Crippen LogP contribution < -0.4 is 5.11 Å². The summed E-state index contributed by atoms with van der Waals surface area (Å²) >= 11 is 0. The van der Waals surface area contributed by atoms with Gasteiger partial charge in [0.1, 0.15) is 0 Å². The molecule has 0 aromatic rings. The summed E-state index contributed by atoms with van der Waals surface area (Å²) in [5.74, 6) is -0.897. The van der Waals surface area contributed by atoms with Crippen LogP contribution in [-0.4, -0.2) is 5.97 Å². The lowest BCUT2D eigenvalue weighted by molar-refractivity contribution is -0.319. The first-order valence-electron chi connectivity index (χ1n) is 5.28. The lowest BCUT2D eigenvalue weighted by atomic mass is 9.82. The molecule has 0 fully saturated rings. The molecule has 0 aliphatic carbocycles. The second-order valence-corrected chi connectivity index (χ2v) is 4.01. The first kappa shape index (κ1) is 12.5.